The zero-order valence-electron chi connectivity index (χ0n) is 12.0. The van der Waals surface area contributed by atoms with Crippen LogP contribution in [0.1, 0.15) is 16.6 Å². The predicted molar refractivity (Wildman–Crippen MR) is 81.1 cm³/mol. The molecule has 0 aliphatic rings. The molecule has 116 valence electrons. The molecule has 2 heterocycles. The van der Waals surface area contributed by atoms with Gasteiger partial charge < -0.3 is 14.6 Å². The molecule has 0 radical (unpaired) electrons. The SMILES string of the molecule is CNC(=O)NC(=O)C(C)OC(=O)c1sccc1-n1cccc1. The molecule has 0 aliphatic heterocycles. The molecule has 0 saturated heterocycles. The number of amides is 3. The lowest BCUT2D eigenvalue weighted by Crippen LogP contribution is -2.43. The number of aromatic nitrogens is 1. The summed E-state index contributed by atoms with van der Waals surface area (Å²) in [5.41, 5.74) is 0.680. The third-order valence-corrected chi connectivity index (χ3v) is 3.71. The Kier molecular flexibility index (Phi) is 4.95. The van der Waals surface area contributed by atoms with Crippen LogP contribution < -0.4 is 10.6 Å². The first kappa shape index (κ1) is 15.8. The van der Waals surface area contributed by atoms with Gasteiger partial charge in [0.2, 0.25) is 0 Å². The topological polar surface area (TPSA) is 89.4 Å². The van der Waals surface area contributed by atoms with Crippen molar-refractivity contribution in [2.45, 2.75) is 13.0 Å². The number of nitrogens with zero attached hydrogens (tertiary/aromatic N) is 1. The number of ether oxygens (including phenoxy) is 1. The van der Waals surface area contributed by atoms with E-state index >= 15 is 0 Å². The number of rotatable bonds is 4. The van der Waals surface area contributed by atoms with Gasteiger partial charge in [-0.25, -0.2) is 9.59 Å². The van der Waals surface area contributed by atoms with E-state index in [0.29, 0.717) is 10.6 Å². The van der Waals surface area contributed by atoms with E-state index in [1.165, 1.54) is 25.3 Å². The summed E-state index contributed by atoms with van der Waals surface area (Å²) in [4.78, 5) is 35.3. The van der Waals surface area contributed by atoms with Gasteiger partial charge in [-0.15, -0.1) is 11.3 Å². The van der Waals surface area contributed by atoms with Crippen molar-refractivity contribution in [3.05, 3.63) is 40.8 Å². The van der Waals surface area contributed by atoms with Crippen LogP contribution in [0.4, 0.5) is 4.79 Å². The predicted octanol–water partition coefficient (Wildman–Crippen LogP) is 1.54. The van der Waals surface area contributed by atoms with Crippen molar-refractivity contribution in [1.29, 1.82) is 0 Å². The summed E-state index contributed by atoms with van der Waals surface area (Å²) in [6, 6.07) is 4.81. The molecule has 2 aromatic rings. The molecule has 2 N–H and O–H groups in total. The van der Waals surface area contributed by atoms with E-state index in [-0.39, 0.29) is 0 Å². The van der Waals surface area contributed by atoms with Crippen LogP contribution in [0.25, 0.3) is 5.69 Å². The van der Waals surface area contributed by atoms with Crippen LogP contribution in [-0.4, -0.2) is 35.6 Å². The fourth-order valence-electron chi connectivity index (χ4n) is 1.70. The van der Waals surface area contributed by atoms with E-state index in [9.17, 15) is 14.4 Å². The molecule has 7 nitrogen and oxygen atoms in total. The smallest absolute Gasteiger partial charge is 0.351 e. The van der Waals surface area contributed by atoms with Crippen LogP contribution in [-0.2, 0) is 9.53 Å². The third-order valence-electron chi connectivity index (χ3n) is 2.83. The van der Waals surface area contributed by atoms with E-state index in [2.05, 4.69) is 10.6 Å². The lowest BCUT2D eigenvalue weighted by molar-refractivity contribution is -0.127. The highest BCUT2D eigenvalue weighted by molar-refractivity contribution is 7.12. The molecule has 0 aromatic carbocycles. The van der Waals surface area contributed by atoms with Crippen LogP contribution in [0.2, 0.25) is 0 Å². The minimum atomic E-state index is -1.08. The Morgan fingerprint density at radius 1 is 1.27 bits per heavy atom. The molecule has 0 bridgehead atoms. The molecule has 2 aromatic heterocycles. The third kappa shape index (κ3) is 3.53. The van der Waals surface area contributed by atoms with Gasteiger partial charge in [0, 0.05) is 19.4 Å². The summed E-state index contributed by atoms with van der Waals surface area (Å²) in [6.07, 6.45) is 2.53. The molecule has 8 heteroatoms. The van der Waals surface area contributed by atoms with Crippen molar-refractivity contribution in [2.75, 3.05) is 7.05 Å². The number of imide groups is 1. The first-order chi connectivity index (χ1) is 10.5. The molecular formula is C14H15N3O4S. The Labute approximate surface area is 130 Å². The molecule has 0 fully saturated rings. The number of nitrogens with one attached hydrogen (secondary N) is 2. The lowest BCUT2D eigenvalue weighted by Gasteiger charge is -2.13. The van der Waals surface area contributed by atoms with Gasteiger partial charge in [0.15, 0.2) is 6.10 Å². The van der Waals surface area contributed by atoms with Crippen LogP contribution in [0.15, 0.2) is 36.0 Å². The number of hydrogen-bond acceptors (Lipinski definition) is 5. The van der Waals surface area contributed by atoms with E-state index in [4.69, 9.17) is 4.74 Å². The van der Waals surface area contributed by atoms with Crippen molar-refractivity contribution in [3.8, 4) is 5.69 Å². The maximum absolute atomic E-state index is 12.2. The van der Waals surface area contributed by atoms with Gasteiger partial charge in [-0.3, -0.25) is 10.1 Å². The highest BCUT2D eigenvalue weighted by Gasteiger charge is 2.23. The minimum Gasteiger partial charge on any atom is -0.448 e. The number of carbonyl (C=O) groups is 3. The normalized spacial score (nSPS) is 11.5. The Balaban J connectivity index is 2.06. The summed E-state index contributed by atoms with van der Waals surface area (Å²) in [5.74, 6) is -1.30. The number of thiophene rings is 1. The molecular weight excluding hydrogens is 306 g/mol. The molecule has 1 atom stereocenters. The number of urea groups is 1. The van der Waals surface area contributed by atoms with Crippen LogP contribution >= 0.6 is 11.3 Å². The highest BCUT2D eigenvalue weighted by Crippen LogP contribution is 2.22. The van der Waals surface area contributed by atoms with Crippen LogP contribution in [0, 0.1) is 0 Å². The largest absolute Gasteiger partial charge is 0.448 e. The molecule has 3 amide bonds. The molecule has 0 saturated carbocycles. The summed E-state index contributed by atoms with van der Waals surface area (Å²) >= 11 is 1.22. The van der Waals surface area contributed by atoms with Gasteiger partial charge in [-0.05, 0) is 30.5 Å². The van der Waals surface area contributed by atoms with Gasteiger partial charge in [-0.1, -0.05) is 0 Å². The van der Waals surface area contributed by atoms with Gasteiger partial charge in [0.1, 0.15) is 4.88 Å². The maximum atomic E-state index is 12.2. The fraction of sp³-hybridized carbons (Fsp3) is 0.214. The monoisotopic (exact) mass is 321 g/mol. The van der Waals surface area contributed by atoms with Crippen LogP contribution in [0.3, 0.4) is 0 Å². The van der Waals surface area contributed by atoms with Gasteiger partial charge in [0.05, 0.1) is 5.69 Å². The van der Waals surface area contributed by atoms with Gasteiger partial charge in [-0.2, -0.15) is 0 Å². The van der Waals surface area contributed by atoms with Crippen molar-refractivity contribution >= 4 is 29.2 Å². The number of carbonyl (C=O) groups excluding carboxylic acids is 3. The standard InChI is InChI=1S/C14H15N3O4S/c1-9(12(18)16-14(20)15-2)21-13(19)11-10(5-8-22-11)17-6-3-4-7-17/h3-9H,1-2H3,(H2,15,16,18,20). The Morgan fingerprint density at radius 3 is 2.59 bits per heavy atom. The summed E-state index contributed by atoms with van der Waals surface area (Å²) < 4.78 is 6.89. The number of hydrogen-bond donors (Lipinski definition) is 2. The van der Waals surface area contributed by atoms with E-state index in [1.54, 1.807) is 28.4 Å². The molecule has 22 heavy (non-hydrogen) atoms. The van der Waals surface area contributed by atoms with Gasteiger partial charge >= 0.3 is 12.0 Å². The quantitative estimate of drug-likeness (QED) is 0.836. The molecule has 0 spiro atoms. The first-order valence-corrected chi connectivity index (χ1v) is 7.35. The Bertz CT molecular complexity index is 678. The van der Waals surface area contributed by atoms with E-state index in [1.807, 2.05) is 12.1 Å². The fourth-order valence-corrected chi connectivity index (χ4v) is 2.47. The van der Waals surface area contributed by atoms with Crippen molar-refractivity contribution in [3.63, 3.8) is 0 Å². The summed E-state index contributed by atoms with van der Waals surface area (Å²) in [7, 11) is 1.38. The van der Waals surface area contributed by atoms with E-state index in [0.717, 1.165) is 0 Å². The van der Waals surface area contributed by atoms with Crippen molar-refractivity contribution in [2.24, 2.45) is 0 Å². The number of esters is 1. The summed E-state index contributed by atoms with van der Waals surface area (Å²) in [6.45, 7) is 1.40. The van der Waals surface area contributed by atoms with Gasteiger partial charge in [0.25, 0.3) is 5.91 Å². The average Bonchev–Trinajstić information content (AvgIpc) is 3.16. The second kappa shape index (κ2) is 6.90. The van der Waals surface area contributed by atoms with Crippen molar-refractivity contribution in [1.82, 2.24) is 15.2 Å². The minimum absolute atomic E-state index is 0.385. The maximum Gasteiger partial charge on any atom is 0.351 e. The first-order valence-electron chi connectivity index (χ1n) is 6.47. The zero-order valence-corrected chi connectivity index (χ0v) is 12.8. The Morgan fingerprint density at radius 2 is 1.95 bits per heavy atom. The van der Waals surface area contributed by atoms with Crippen LogP contribution in [0.5, 0.6) is 0 Å². The van der Waals surface area contributed by atoms with Crippen molar-refractivity contribution < 1.29 is 19.1 Å². The highest BCUT2D eigenvalue weighted by atomic mass is 32.1. The zero-order chi connectivity index (χ0) is 16.1. The lowest BCUT2D eigenvalue weighted by atomic mass is 10.3. The average molecular weight is 321 g/mol. The molecule has 1 unspecified atom stereocenters. The Hall–Kier alpha value is -2.61. The molecule has 0 aliphatic carbocycles. The summed E-state index contributed by atoms with van der Waals surface area (Å²) in [5, 5.41) is 6.07. The van der Waals surface area contributed by atoms with E-state index < -0.39 is 24.0 Å². The molecule has 2 rings (SSSR count). The second-order valence-corrected chi connectivity index (χ2v) is 5.26. The second-order valence-electron chi connectivity index (χ2n) is 4.34.